The van der Waals surface area contributed by atoms with Crippen LogP contribution in [0, 0.1) is 0 Å². The molecular formula is C12H17NO2. The first-order valence-corrected chi connectivity index (χ1v) is 5.07. The lowest BCUT2D eigenvalue weighted by molar-refractivity contribution is -0.139. The molecule has 0 atom stereocenters. The van der Waals surface area contributed by atoms with Crippen LogP contribution in [-0.2, 0) is 22.4 Å². The van der Waals surface area contributed by atoms with E-state index >= 15 is 0 Å². The van der Waals surface area contributed by atoms with Crippen LogP contribution in [0.4, 0.5) is 5.69 Å². The average molecular weight is 207 g/mol. The number of hydrogen-bond donors (Lipinski definition) is 1. The Kier molecular flexibility index (Phi) is 4.16. The standard InChI is InChI=1S/C12H17NO2/c1-4-10-7-9(8-12(14)15-3)5-6-11(10)13-2/h5-7,13H,4,8H2,1-3H3. The molecule has 0 spiro atoms. The zero-order chi connectivity index (χ0) is 11.3. The molecule has 15 heavy (non-hydrogen) atoms. The Balaban J connectivity index is 2.88. The van der Waals surface area contributed by atoms with Crippen molar-refractivity contribution in [2.24, 2.45) is 0 Å². The number of nitrogens with one attached hydrogen (secondary N) is 1. The van der Waals surface area contributed by atoms with E-state index in [1.165, 1.54) is 12.7 Å². The maximum atomic E-state index is 11.1. The highest BCUT2D eigenvalue weighted by Crippen LogP contribution is 2.18. The summed E-state index contributed by atoms with van der Waals surface area (Å²) >= 11 is 0. The van der Waals surface area contributed by atoms with Crippen molar-refractivity contribution in [3.05, 3.63) is 29.3 Å². The van der Waals surface area contributed by atoms with Crippen molar-refractivity contribution in [3.63, 3.8) is 0 Å². The van der Waals surface area contributed by atoms with Gasteiger partial charge in [0.1, 0.15) is 0 Å². The lowest BCUT2D eigenvalue weighted by Gasteiger charge is -2.09. The van der Waals surface area contributed by atoms with E-state index in [0.29, 0.717) is 6.42 Å². The first-order chi connectivity index (χ1) is 7.21. The second kappa shape index (κ2) is 5.39. The minimum absolute atomic E-state index is 0.200. The van der Waals surface area contributed by atoms with Crippen molar-refractivity contribution in [3.8, 4) is 0 Å². The van der Waals surface area contributed by atoms with Gasteiger partial charge in [-0.2, -0.15) is 0 Å². The Morgan fingerprint density at radius 3 is 2.73 bits per heavy atom. The van der Waals surface area contributed by atoms with Gasteiger partial charge in [-0.05, 0) is 23.6 Å². The Hall–Kier alpha value is -1.51. The molecule has 0 unspecified atom stereocenters. The summed E-state index contributed by atoms with van der Waals surface area (Å²) in [6.07, 6.45) is 1.29. The van der Waals surface area contributed by atoms with Crippen molar-refractivity contribution in [2.75, 3.05) is 19.5 Å². The van der Waals surface area contributed by atoms with Crippen LogP contribution in [0.2, 0.25) is 0 Å². The third-order valence-corrected chi connectivity index (χ3v) is 2.40. The van der Waals surface area contributed by atoms with Gasteiger partial charge >= 0.3 is 5.97 Å². The Labute approximate surface area is 90.4 Å². The summed E-state index contributed by atoms with van der Waals surface area (Å²) < 4.78 is 4.63. The Morgan fingerprint density at radius 2 is 2.20 bits per heavy atom. The van der Waals surface area contributed by atoms with E-state index in [4.69, 9.17) is 0 Å². The van der Waals surface area contributed by atoms with Gasteiger partial charge in [-0.1, -0.05) is 19.1 Å². The smallest absolute Gasteiger partial charge is 0.309 e. The van der Waals surface area contributed by atoms with Gasteiger partial charge in [0.25, 0.3) is 0 Å². The molecular weight excluding hydrogens is 190 g/mol. The molecule has 1 N–H and O–H groups in total. The summed E-state index contributed by atoms with van der Waals surface area (Å²) in [6, 6.07) is 5.99. The highest BCUT2D eigenvalue weighted by atomic mass is 16.5. The van der Waals surface area contributed by atoms with Crippen molar-refractivity contribution >= 4 is 11.7 Å². The Bertz CT molecular complexity index is 347. The van der Waals surface area contributed by atoms with Crippen LogP contribution in [-0.4, -0.2) is 20.1 Å². The summed E-state index contributed by atoms with van der Waals surface area (Å²) in [5.74, 6) is -0.200. The van der Waals surface area contributed by atoms with Gasteiger partial charge in [-0.15, -0.1) is 0 Å². The molecule has 3 heteroatoms. The fourth-order valence-corrected chi connectivity index (χ4v) is 1.53. The van der Waals surface area contributed by atoms with Gasteiger partial charge in [-0.25, -0.2) is 0 Å². The number of methoxy groups -OCH3 is 1. The molecule has 1 aromatic rings. The number of ether oxygens (including phenoxy) is 1. The predicted molar refractivity (Wildman–Crippen MR) is 61.1 cm³/mol. The Morgan fingerprint density at radius 1 is 1.47 bits per heavy atom. The molecule has 0 saturated heterocycles. The van der Waals surface area contributed by atoms with Crippen LogP contribution in [0.25, 0.3) is 0 Å². The predicted octanol–water partition coefficient (Wildman–Crippen LogP) is 2.01. The summed E-state index contributed by atoms with van der Waals surface area (Å²) in [5, 5.41) is 3.12. The topological polar surface area (TPSA) is 38.3 Å². The number of anilines is 1. The third-order valence-electron chi connectivity index (χ3n) is 2.40. The van der Waals surface area contributed by atoms with Crippen LogP contribution >= 0.6 is 0 Å². The van der Waals surface area contributed by atoms with E-state index < -0.39 is 0 Å². The molecule has 0 amide bonds. The molecule has 0 heterocycles. The van der Waals surface area contributed by atoms with Gasteiger partial charge in [0.05, 0.1) is 13.5 Å². The largest absolute Gasteiger partial charge is 0.469 e. The van der Waals surface area contributed by atoms with Gasteiger partial charge in [0, 0.05) is 12.7 Å². The van der Waals surface area contributed by atoms with E-state index in [2.05, 4.69) is 17.0 Å². The molecule has 82 valence electrons. The van der Waals surface area contributed by atoms with Crippen molar-refractivity contribution in [2.45, 2.75) is 19.8 Å². The molecule has 0 aliphatic carbocycles. The summed E-state index contributed by atoms with van der Waals surface area (Å²) in [4.78, 5) is 11.1. The minimum Gasteiger partial charge on any atom is -0.469 e. The summed E-state index contributed by atoms with van der Waals surface area (Å²) in [7, 11) is 3.31. The number of hydrogen-bond acceptors (Lipinski definition) is 3. The SMILES string of the molecule is CCc1cc(CC(=O)OC)ccc1NC. The van der Waals surface area contributed by atoms with Crippen LogP contribution < -0.4 is 5.32 Å². The number of carbonyl (C=O) groups excluding carboxylic acids is 1. The molecule has 1 aromatic carbocycles. The molecule has 0 saturated carbocycles. The maximum absolute atomic E-state index is 11.1. The lowest BCUT2D eigenvalue weighted by atomic mass is 10.0. The van der Waals surface area contributed by atoms with Gasteiger partial charge in [0.2, 0.25) is 0 Å². The van der Waals surface area contributed by atoms with Crippen LogP contribution in [0.15, 0.2) is 18.2 Å². The zero-order valence-corrected chi connectivity index (χ0v) is 9.46. The second-order valence-corrected chi connectivity index (χ2v) is 3.35. The first-order valence-electron chi connectivity index (χ1n) is 5.07. The van der Waals surface area contributed by atoms with Crippen LogP contribution in [0.1, 0.15) is 18.1 Å². The summed E-state index contributed by atoms with van der Waals surface area (Å²) in [5.41, 5.74) is 3.34. The van der Waals surface area contributed by atoms with Crippen LogP contribution in [0.5, 0.6) is 0 Å². The third kappa shape index (κ3) is 2.98. The summed E-state index contributed by atoms with van der Waals surface area (Å²) in [6.45, 7) is 2.10. The number of carbonyl (C=O) groups is 1. The maximum Gasteiger partial charge on any atom is 0.309 e. The molecule has 0 bridgehead atoms. The molecule has 3 nitrogen and oxygen atoms in total. The zero-order valence-electron chi connectivity index (χ0n) is 9.46. The highest BCUT2D eigenvalue weighted by molar-refractivity contribution is 5.72. The molecule has 0 aromatic heterocycles. The molecule has 1 rings (SSSR count). The molecule has 0 fully saturated rings. The quantitative estimate of drug-likeness (QED) is 0.767. The van der Waals surface area contributed by atoms with E-state index in [0.717, 1.165) is 17.7 Å². The highest BCUT2D eigenvalue weighted by Gasteiger charge is 2.05. The fourth-order valence-electron chi connectivity index (χ4n) is 1.53. The second-order valence-electron chi connectivity index (χ2n) is 3.35. The average Bonchev–Trinajstić information content (AvgIpc) is 2.28. The van der Waals surface area contributed by atoms with Gasteiger partial charge < -0.3 is 10.1 Å². The normalized spacial score (nSPS) is 9.80. The van der Waals surface area contributed by atoms with Crippen molar-refractivity contribution in [1.29, 1.82) is 0 Å². The molecule has 0 aliphatic heterocycles. The van der Waals surface area contributed by atoms with E-state index in [1.807, 2.05) is 25.2 Å². The van der Waals surface area contributed by atoms with E-state index in [-0.39, 0.29) is 5.97 Å². The van der Waals surface area contributed by atoms with Gasteiger partial charge in [0.15, 0.2) is 0 Å². The molecule has 0 radical (unpaired) electrons. The molecule has 0 aliphatic rings. The van der Waals surface area contributed by atoms with E-state index in [1.54, 1.807) is 0 Å². The lowest BCUT2D eigenvalue weighted by Crippen LogP contribution is -2.05. The van der Waals surface area contributed by atoms with Crippen LogP contribution in [0.3, 0.4) is 0 Å². The number of aryl methyl sites for hydroxylation is 1. The minimum atomic E-state index is -0.200. The number of rotatable bonds is 4. The van der Waals surface area contributed by atoms with Crippen molar-refractivity contribution in [1.82, 2.24) is 0 Å². The fraction of sp³-hybridized carbons (Fsp3) is 0.417. The van der Waals surface area contributed by atoms with Gasteiger partial charge in [-0.3, -0.25) is 4.79 Å². The van der Waals surface area contributed by atoms with Crippen molar-refractivity contribution < 1.29 is 9.53 Å². The van der Waals surface area contributed by atoms with E-state index in [9.17, 15) is 4.79 Å². The first kappa shape index (κ1) is 11.6. The number of benzene rings is 1. The monoisotopic (exact) mass is 207 g/mol. The number of esters is 1.